The fourth-order valence-corrected chi connectivity index (χ4v) is 1.62. The normalized spacial score (nSPS) is 11.0. The van der Waals surface area contributed by atoms with Crippen LogP contribution >= 0.6 is 0 Å². The summed E-state index contributed by atoms with van der Waals surface area (Å²) in [6, 6.07) is 2.57. The molecule has 0 aromatic carbocycles. The van der Waals surface area contributed by atoms with Gasteiger partial charge in [-0.3, -0.25) is 9.59 Å². The molecule has 0 bridgehead atoms. The minimum absolute atomic E-state index is 0.224. The SMILES string of the molecule is CCC(CC)(NC(=O)c1ccc(=O)[nH]c1)C(=O)O. The lowest BCUT2D eigenvalue weighted by molar-refractivity contribution is -0.144. The van der Waals surface area contributed by atoms with Crippen molar-refractivity contribution in [2.24, 2.45) is 0 Å². The Balaban J connectivity index is 2.95. The minimum atomic E-state index is -1.27. The zero-order chi connectivity index (χ0) is 13.8. The predicted molar refractivity (Wildman–Crippen MR) is 65.5 cm³/mol. The van der Waals surface area contributed by atoms with E-state index in [0.717, 1.165) is 0 Å². The highest BCUT2D eigenvalue weighted by molar-refractivity contribution is 5.97. The summed E-state index contributed by atoms with van der Waals surface area (Å²) < 4.78 is 0. The predicted octanol–water partition coefficient (Wildman–Crippen LogP) is 0.748. The van der Waals surface area contributed by atoms with E-state index in [1.54, 1.807) is 13.8 Å². The topological polar surface area (TPSA) is 99.3 Å². The smallest absolute Gasteiger partial charge is 0.329 e. The average molecular weight is 252 g/mol. The van der Waals surface area contributed by atoms with Crippen molar-refractivity contribution in [1.29, 1.82) is 0 Å². The van der Waals surface area contributed by atoms with Gasteiger partial charge in [0.15, 0.2) is 0 Å². The number of carboxylic acid groups (broad SMARTS) is 1. The zero-order valence-electron chi connectivity index (χ0n) is 10.3. The van der Waals surface area contributed by atoms with Crippen LogP contribution in [0.3, 0.4) is 0 Å². The molecule has 0 aliphatic heterocycles. The largest absolute Gasteiger partial charge is 0.480 e. The van der Waals surface area contributed by atoms with Crippen molar-refractivity contribution >= 4 is 11.9 Å². The number of carbonyl (C=O) groups excluding carboxylic acids is 1. The van der Waals surface area contributed by atoms with Gasteiger partial charge in [0.1, 0.15) is 5.54 Å². The number of aromatic amines is 1. The molecule has 1 heterocycles. The van der Waals surface area contributed by atoms with Crippen molar-refractivity contribution in [3.8, 4) is 0 Å². The molecule has 0 saturated carbocycles. The average Bonchev–Trinajstić information content (AvgIpc) is 2.36. The van der Waals surface area contributed by atoms with E-state index >= 15 is 0 Å². The number of H-pyrrole nitrogens is 1. The Morgan fingerprint density at radius 2 is 1.94 bits per heavy atom. The highest BCUT2D eigenvalue weighted by Crippen LogP contribution is 2.16. The second-order valence-corrected chi connectivity index (χ2v) is 3.99. The molecule has 0 atom stereocenters. The maximum Gasteiger partial charge on any atom is 0.329 e. The molecule has 0 aliphatic rings. The molecule has 0 spiro atoms. The van der Waals surface area contributed by atoms with Crippen molar-refractivity contribution in [1.82, 2.24) is 10.3 Å². The molecule has 98 valence electrons. The lowest BCUT2D eigenvalue weighted by Crippen LogP contribution is -2.53. The number of carbonyl (C=O) groups is 2. The first-order valence-electron chi connectivity index (χ1n) is 5.70. The maximum absolute atomic E-state index is 11.9. The molecule has 1 rings (SSSR count). The standard InChI is InChI=1S/C12H16N2O4/c1-3-12(4-2,11(17)18)14-10(16)8-5-6-9(15)13-7-8/h5-7H,3-4H2,1-2H3,(H,13,15)(H,14,16)(H,17,18). The van der Waals surface area contributed by atoms with Gasteiger partial charge in [0, 0.05) is 12.3 Å². The van der Waals surface area contributed by atoms with Crippen LogP contribution < -0.4 is 10.9 Å². The number of nitrogens with one attached hydrogen (secondary N) is 2. The van der Waals surface area contributed by atoms with Crippen molar-refractivity contribution in [2.45, 2.75) is 32.2 Å². The Morgan fingerprint density at radius 1 is 1.33 bits per heavy atom. The van der Waals surface area contributed by atoms with Gasteiger partial charge in [0.2, 0.25) is 5.56 Å². The van der Waals surface area contributed by atoms with E-state index in [9.17, 15) is 19.5 Å². The molecule has 0 aliphatic carbocycles. The second kappa shape index (κ2) is 5.48. The summed E-state index contributed by atoms with van der Waals surface area (Å²) in [5, 5.41) is 11.7. The number of hydrogen-bond donors (Lipinski definition) is 3. The summed E-state index contributed by atoms with van der Waals surface area (Å²) in [6.45, 7) is 3.40. The fourth-order valence-electron chi connectivity index (χ4n) is 1.62. The summed E-state index contributed by atoms with van der Waals surface area (Å²) >= 11 is 0. The maximum atomic E-state index is 11.9. The summed E-state index contributed by atoms with van der Waals surface area (Å²) in [4.78, 5) is 36.4. The number of carboxylic acids is 1. The van der Waals surface area contributed by atoms with E-state index < -0.39 is 17.4 Å². The van der Waals surface area contributed by atoms with Crippen LogP contribution in [0.25, 0.3) is 0 Å². The van der Waals surface area contributed by atoms with Gasteiger partial charge in [-0.2, -0.15) is 0 Å². The summed E-state index contributed by atoms with van der Waals surface area (Å²) in [5.41, 5.74) is -1.36. The zero-order valence-corrected chi connectivity index (χ0v) is 10.3. The van der Waals surface area contributed by atoms with Crippen LogP contribution in [-0.4, -0.2) is 27.5 Å². The van der Waals surface area contributed by atoms with Gasteiger partial charge in [-0.1, -0.05) is 13.8 Å². The molecule has 18 heavy (non-hydrogen) atoms. The van der Waals surface area contributed by atoms with Gasteiger partial charge in [0.25, 0.3) is 5.91 Å². The lowest BCUT2D eigenvalue weighted by Gasteiger charge is -2.27. The van der Waals surface area contributed by atoms with Crippen LogP contribution in [0.2, 0.25) is 0 Å². The molecule has 1 amide bonds. The highest BCUT2D eigenvalue weighted by atomic mass is 16.4. The van der Waals surface area contributed by atoms with E-state index in [-0.39, 0.29) is 24.0 Å². The Morgan fingerprint density at radius 3 is 2.33 bits per heavy atom. The third kappa shape index (κ3) is 2.77. The third-order valence-corrected chi connectivity index (χ3v) is 3.02. The quantitative estimate of drug-likeness (QED) is 0.720. The number of rotatable bonds is 5. The van der Waals surface area contributed by atoms with E-state index in [0.29, 0.717) is 0 Å². The van der Waals surface area contributed by atoms with Crippen molar-refractivity contribution in [2.75, 3.05) is 0 Å². The molecule has 0 saturated heterocycles. The first kappa shape index (κ1) is 14.0. The van der Waals surface area contributed by atoms with Gasteiger partial charge in [0.05, 0.1) is 5.56 Å². The molecule has 1 aromatic rings. The Labute approximate surface area is 104 Å². The molecule has 6 nitrogen and oxygen atoms in total. The molecule has 0 radical (unpaired) electrons. The van der Waals surface area contributed by atoms with Crippen LogP contribution in [-0.2, 0) is 4.79 Å². The van der Waals surface area contributed by atoms with E-state index in [4.69, 9.17) is 0 Å². The molecule has 0 unspecified atom stereocenters. The first-order chi connectivity index (χ1) is 8.45. The van der Waals surface area contributed by atoms with Gasteiger partial charge >= 0.3 is 5.97 Å². The van der Waals surface area contributed by atoms with Crippen LogP contribution in [0.1, 0.15) is 37.0 Å². The summed E-state index contributed by atoms with van der Waals surface area (Å²) in [6.07, 6.45) is 1.83. The van der Waals surface area contributed by atoms with Crippen molar-refractivity contribution in [3.63, 3.8) is 0 Å². The number of aliphatic carboxylic acids is 1. The second-order valence-electron chi connectivity index (χ2n) is 3.99. The van der Waals surface area contributed by atoms with Crippen LogP contribution in [0.15, 0.2) is 23.1 Å². The lowest BCUT2D eigenvalue weighted by atomic mass is 9.92. The molecular formula is C12H16N2O4. The molecule has 1 aromatic heterocycles. The highest BCUT2D eigenvalue weighted by Gasteiger charge is 2.36. The minimum Gasteiger partial charge on any atom is -0.480 e. The van der Waals surface area contributed by atoms with Crippen LogP contribution in [0, 0.1) is 0 Å². The van der Waals surface area contributed by atoms with Crippen molar-refractivity contribution in [3.05, 3.63) is 34.2 Å². The molecule has 6 heteroatoms. The van der Waals surface area contributed by atoms with Crippen molar-refractivity contribution < 1.29 is 14.7 Å². The fraction of sp³-hybridized carbons (Fsp3) is 0.417. The van der Waals surface area contributed by atoms with Gasteiger partial charge in [-0.05, 0) is 18.9 Å². The van der Waals surface area contributed by atoms with E-state index in [1.807, 2.05) is 0 Å². The van der Waals surface area contributed by atoms with E-state index in [2.05, 4.69) is 10.3 Å². The Hall–Kier alpha value is -2.11. The number of hydrogen-bond acceptors (Lipinski definition) is 3. The summed E-state index contributed by atoms with van der Waals surface area (Å²) in [7, 11) is 0. The van der Waals surface area contributed by atoms with E-state index in [1.165, 1.54) is 18.3 Å². The number of aromatic nitrogens is 1. The monoisotopic (exact) mass is 252 g/mol. The van der Waals surface area contributed by atoms with Gasteiger partial charge in [-0.15, -0.1) is 0 Å². The molecule has 0 fully saturated rings. The van der Waals surface area contributed by atoms with Gasteiger partial charge in [-0.25, -0.2) is 4.79 Å². The van der Waals surface area contributed by atoms with Crippen LogP contribution in [0.4, 0.5) is 0 Å². The number of amides is 1. The molecular weight excluding hydrogens is 236 g/mol. The number of pyridine rings is 1. The van der Waals surface area contributed by atoms with Gasteiger partial charge < -0.3 is 15.4 Å². The Kier molecular flexibility index (Phi) is 4.25. The summed E-state index contributed by atoms with van der Waals surface area (Å²) in [5.74, 6) is -1.58. The third-order valence-electron chi connectivity index (χ3n) is 3.02. The Bertz CT molecular complexity index is 483. The first-order valence-corrected chi connectivity index (χ1v) is 5.70. The van der Waals surface area contributed by atoms with Crippen LogP contribution in [0.5, 0.6) is 0 Å². The molecule has 3 N–H and O–H groups in total.